The molecule has 2 aromatic rings. The minimum absolute atomic E-state index is 0.394. The summed E-state index contributed by atoms with van der Waals surface area (Å²) in [4.78, 5) is 3.84. The van der Waals surface area contributed by atoms with Gasteiger partial charge in [0.25, 0.3) is 0 Å². The highest BCUT2D eigenvalue weighted by Gasteiger charge is 2.06. The van der Waals surface area contributed by atoms with E-state index in [2.05, 4.69) is 10.1 Å². The number of nitrogens with zero attached hydrogens (tertiary/aromatic N) is 3. The van der Waals surface area contributed by atoms with Gasteiger partial charge in [-0.2, -0.15) is 5.10 Å². The molecule has 96 valence electrons. The van der Waals surface area contributed by atoms with Crippen LogP contribution >= 0.6 is 11.6 Å². The zero-order valence-electron chi connectivity index (χ0n) is 10.0. The van der Waals surface area contributed by atoms with E-state index in [1.165, 1.54) is 6.33 Å². The van der Waals surface area contributed by atoms with Crippen molar-refractivity contribution in [3.8, 4) is 0 Å². The van der Waals surface area contributed by atoms with E-state index in [0.717, 1.165) is 29.8 Å². The van der Waals surface area contributed by atoms with E-state index in [1.54, 1.807) is 11.0 Å². The highest BCUT2D eigenvalue weighted by molar-refractivity contribution is 6.31. The molecule has 0 spiro atoms. The molecule has 18 heavy (non-hydrogen) atoms. The monoisotopic (exact) mass is 265 g/mol. The molecule has 1 aromatic heterocycles. The average Bonchev–Trinajstić information content (AvgIpc) is 2.84. The number of rotatable bonds is 6. The zero-order chi connectivity index (χ0) is 12.8. The van der Waals surface area contributed by atoms with E-state index in [1.807, 2.05) is 24.3 Å². The molecule has 0 aliphatic rings. The lowest BCUT2D eigenvalue weighted by molar-refractivity contribution is 0.137. The molecule has 0 saturated heterocycles. The van der Waals surface area contributed by atoms with Crippen LogP contribution in [0.2, 0.25) is 5.02 Å². The van der Waals surface area contributed by atoms with Crippen molar-refractivity contribution in [2.75, 3.05) is 0 Å². The van der Waals surface area contributed by atoms with E-state index in [-0.39, 0.29) is 0 Å². The Morgan fingerprint density at radius 1 is 1.33 bits per heavy atom. The zero-order valence-corrected chi connectivity index (χ0v) is 10.8. The molecule has 1 aromatic carbocycles. The molecule has 0 aliphatic heterocycles. The van der Waals surface area contributed by atoms with Gasteiger partial charge in [-0.25, -0.2) is 4.98 Å². The summed E-state index contributed by atoms with van der Waals surface area (Å²) in [7, 11) is 0. The molecule has 2 rings (SSSR count). The smallest absolute Gasteiger partial charge is 0.137 e. The summed E-state index contributed by atoms with van der Waals surface area (Å²) in [5, 5.41) is 14.6. The van der Waals surface area contributed by atoms with Gasteiger partial charge in [0.1, 0.15) is 12.7 Å². The Labute approximate surface area is 111 Å². The van der Waals surface area contributed by atoms with Gasteiger partial charge in [0.05, 0.1) is 12.6 Å². The second kappa shape index (κ2) is 6.52. The van der Waals surface area contributed by atoms with Crippen molar-refractivity contribution in [1.29, 1.82) is 0 Å². The van der Waals surface area contributed by atoms with Crippen LogP contribution in [0.5, 0.6) is 0 Å². The number of aryl methyl sites for hydroxylation is 1. The lowest BCUT2D eigenvalue weighted by Gasteiger charge is -2.10. The number of benzene rings is 1. The number of aromatic nitrogens is 3. The fourth-order valence-corrected chi connectivity index (χ4v) is 2.09. The Kier molecular flexibility index (Phi) is 4.73. The van der Waals surface area contributed by atoms with Crippen LogP contribution in [0.4, 0.5) is 0 Å². The third-order valence-corrected chi connectivity index (χ3v) is 3.17. The van der Waals surface area contributed by atoms with Crippen molar-refractivity contribution in [2.24, 2.45) is 0 Å². The summed E-state index contributed by atoms with van der Waals surface area (Å²) in [5.41, 5.74) is 1.13. The molecular weight excluding hydrogens is 250 g/mol. The van der Waals surface area contributed by atoms with Gasteiger partial charge in [-0.1, -0.05) is 29.8 Å². The van der Waals surface area contributed by atoms with Gasteiger partial charge in [0.15, 0.2) is 0 Å². The predicted octanol–water partition coefficient (Wildman–Crippen LogP) is 2.32. The summed E-state index contributed by atoms with van der Waals surface area (Å²) in [6, 6.07) is 7.81. The molecule has 5 heteroatoms. The number of hydrogen-bond donors (Lipinski definition) is 1. The molecule has 0 aliphatic carbocycles. The largest absolute Gasteiger partial charge is 0.391 e. The Morgan fingerprint density at radius 2 is 2.17 bits per heavy atom. The van der Waals surface area contributed by atoms with Crippen LogP contribution in [0.1, 0.15) is 18.4 Å². The maximum atomic E-state index is 9.85. The molecule has 1 heterocycles. The van der Waals surface area contributed by atoms with Crippen molar-refractivity contribution >= 4 is 11.6 Å². The van der Waals surface area contributed by atoms with Crippen molar-refractivity contribution < 1.29 is 5.11 Å². The summed E-state index contributed by atoms with van der Waals surface area (Å²) in [6.07, 6.45) is 5.20. The second-order valence-corrected chi connectivity index (χ2v) is 4.66. The topological polar surface area (TPSA) is 50.9 Å². The van der Waals surface area contributed by atoms with Crippen LogP contribution < -0.4 is 0 Å². The molecule has 0 bridgehead atoms. The van der Waals surface area contributed by atoms with Crippen molar-refractivity contribution in [3.63, 3.8) is 0 Å². The van der Waals surface area contributed by atoms with Gasteiger partial charge in [0, 0.05) is 5.02 Å². The first-order valence-electron chi connectivity index (χ1n) is 5.99. The van der Waals surface area contributed by atoms with Crippen molar-refractivity contribution in [3.05, 3.63) is 47.5 Å². The third-order valence-electron chi connectivity index (χ3n) is 2.81. The normalized spacial score (nSPS) is 12.6. The van der Waals surface area contributed by atoms with Crippen LogP contribution in [0.3, 0.4) is 0 Å². The maximum absolute atomic E-state index is 9.85. The Morgan fingerprint density at radius 3 is 2.89 bits per heavy atom. The first kappa shape index (κ1) is 13.1. The highest BCUT2D eigenvalue weighted by Crippen LogP contribution is 2.17. The molecule has 0 radical (unpaired) electrons. The first-order chi connectivity index (χ1) is 8.75. The van der Waals surface area contributed by atoms with E-state index in [0.29, 0.717) is 6.54 Å². The van der Waals surface area contributed by atoms with Crippen LogP contribution in [0.15, 0.2) is 36.9 Å². The highest BCUT2D eigenvalue weighted by atomic mass is 35.5. The minimum atomic E-state index is -0.394. The quantitative estimate of drug-likeness (QED) is 0.872. The minimum Gasteiger partial charge on any atom is -0.391 e. The van der Waals surface area contributed by atoms with Crippen LogP contribution in [-0.4, -0.2) is 26.0 Å². The van der Waals surface area contributed by atoms with Gasteiger partial charge in [0.2, 0.25) is 0 Å². The average molecular weight is 266 g/mol. The standard InChI is InChI=1S/C13H16ClN3O/c14-13-7-2-1-4-11(13)5-3-6-12(18)8-17-10-15-9-16-17/h1-2,4,7,9-10,12,18H,3,5-6,8H2. The van der Waals surface area contributed by atoms with E-state index < -0.39 is 6.10 Å². The number of aliphatic hydroxyl groups excluding tert-OH is 1. The number of halogens is 1. The molecular formula is C13H16ClN3O. The molecule has 1 atom stereocenters. The lowest BCUT2D eigenvalue weighted by atomic mass is 10.1. The van der Waals surface area contributed by atoms with Crippen LogP contribution in [-0.2, 0) is 13.0 Å². The van der Waals surface area contributed by atoms with Gasteiger partial charge in [-0.15, -0.1) is 0 Å². The summed E-state index contributed by atoms with van der Waals surface area (Å²) in [5.74, 6) is 0. The Hall–Kier alpha value is -1.39. The van der Waals surface area contributed by atoms with E-state index in [4.69, 9.17) is 11.6 Å². The van der Waals surface area contributed by atoms with E-state index >= 15 is 0 Å². The van der Waals surface area contributed by atoms with Gasteiger partial charge in [-0.3, -0.25) is 4.68 Å². The number of hydrogen-bond acceptors (Lipinski definition) is 3. The maximum Gasteiger partial charge on any atom is 0.137 e. The van der Waals surface area contributed by atoms with Crippen LogP contribution in [0.25, 0.3) is 0 Å². The molecule has 1 N–H and O–H groups in total. The van der Waals surface area contributed by atoms with Crippen molar-refractivity contribution in [2.45, 2.75) is 31.9 Å². The lowest BCUT2D eigenvalue weighted by Crippen LogP contribution is -2.16. The van der Waals surface area contributed by atoms with Gasteiger partial charge in [-0.05, 0) is 30.9 Å². The summed E-state index contributed by atoms with van der Waals surface area (Å²) in [6.45, 7) is 0.489. The first-order valence-corrected chi connectivity index (χ1v) is 6.37. The Bertz CT molecular complexity index is 473. The van der Waals surface area contributed by atoms with Gasteiger partial charge < -0.3 is 5.11 Å². The molecule has 1 unspecified atom stereocenters. The third kappa shape index (κ3) is 3.82. The van der Waals surface area contributed by atoms with E-state index in [9.17, 15) is 5.11 Å². The predicted molar refractivity (Wildman–Crippen MR) is 70.4 cm³/mol. The van der Waals surface area contributed by atoms with Gasteiger partial charge >= 0.3 is 0 Å². The second-order valence-electron chi connectivity index (χ2n) is 4.25. The summed E-state index contributed by atoms with van der Waals surface area (Å²) >= 11 is 6.07. The SMILES string of the molecule is OC(CCCc1ccccc1Cl)Cn1cncn1. The Balaban J connectivity index is 1.74. The molecule has 4 nitrogen and oxygen atoms in total. The molecule has 0 fully saturated rings. The molecule has 0 amide bonds. The molecule has 0 saturated carbocycles. The fourth-order valence-electron chi connectivity index (χ4n) is 1.86. The van der Waals surface area contributed by atoms with Crippen molar-refractivity contribution in [1.82, 2.24) is 14.8 Å². The summed E-state index contributed by atoms with van der Waals surface area (Å²) < 4.78 is 1.64. The fraction of sp³-hybridized carbons (Fsp3) is 0.385. The number of aliphatic hydroxyl groups is 1. The van der Waals surface area contributed by atoms with Crippen LogP contribution in [0, 0.1) is 0 Å².